The highest BCUT2D eigenvalue weighted by Crippen LogP contribution is 2.26. The third-order valence-electron chi connectivity index (χ3n) is 5.13. The van der Waals surface area contributed by atoms with Gasteiger partial charge in [0.1, 0.15) is 0 Å². The molecule has 3 aromatic rings. The Hall–Kier alpha value is -2.12. The quantitative estimate of drug-likeness (QED) is 0.469. The van der Waals surface area contributed by atoms with Crippen LogP contribution in [0, 0.1) is 5.92 Å². The number of benzene rings is 2. The van der Waals surface area contributed by atoms with Gasteiger partial charge >= 0.3 is 0 Å². The SMILES string of the molecule is O=C(CSc1nnc(-c2cccc(Br)c2)o1)N1CCC(Cc2ccccc2)CC1. The molecule has 0 N–H and O–H groups in total. The van der Waals surface area contributed by atoms with Crippen molar-refractivity contribution in [3.05, 3.63) is 64.6 Å². The van der Waals surface area contributed by atoms with Gasteiger partial charge in [0, 0.05) is 23.1 Å². The van der Waals surface area contributed by atoms with E-state index in [0.29, 0.717) is 22.8 Å². The van der Waals surface area contributed by atoms with Crippen molar-refractivity contribution < 1.29 is 9.21 Å². The Morgan fingerprint density at radius 2 is 1.90 bits per heavy atom. The first-order chi connectivity index (χ1) is 14.2. The minimum Gasteiger partial charge on any atom is -0.411 e. The maximum Gasteiger partial charge on any atom is 0.277 e. The average molecular weight is 472 g/mol. The van der Waals surface area contributed by atoms with Gasteiger partial charge in [0.05, 0.1) is 5.75 Å². The van der Waals surface area contributed by atoms with Crippen molar-refractivity contribution in [3.8, 4) is 11.5 Å². The van der Waals surface area contributed by atoms with E-state index in [9.17, 15) is 4.79 Å². The number of rotatable bonds is 6. The van der Waals surface area contributed by atoms with Crippen LogP contribution in [0.2, 0.25) is 0 Å². The van der Waals surface area contributed by atoms with E-state index in [0.717, 1.165) is 42.4 Å². The number of amides is 1. The summed E-state index contributed by atoms with van der Waals surface area (Å²) in [6, 6.07) is 18.3. The summed E-state index contributed by atoms with van der Waals surface area (Å²) in [6.45, 7) is 1.65. The van der Waals surface area contributed by atoms with Gasteiger partial charge in [0.25, 0.3) is 5.22 Å². The van der Waals surface area contributed by atoms with Crippen LogP contribution in [-0.4, -0.2) is 39.8 Å². The van der Waals surface area contributed by atoms with Crippen molar-refractivity contribution in [1.82, 2.24) is 15.1 Å². The van der Waals surface area contributed by atoms with Crippen LogP contribution in [0.25, 0.3) is 11.5 Å². The molecule has 29 heavy (non-hydrogen) atoms. The molecule has 1 amide bonds. The first-order valence-electron chi connectivity index (χ1n) is 9.71. The number of likely N-dealkylation sites (tertiary alicyclic amines) is 1. The lowest BCUT2D eigenvalue weighted by Gasteiger charge is -2.32. The predicted molar refractivity (Wildman–Crippen MR) is 118 cm³/mol. The van der Waals surface area contributed by atoms with Crippen LogP contribution in [-0.2, 0) is 11.2 Å². The van der Waals surface area contributed by atoms with Gasteiger partial charge < -0.3 is 9.32 Å². The summed E-state index contributed by atoms with van der Waals surface area (Å²) >= 11 is 4.74. The summed E-state index contributed by atoms with van der Waals surface area (Å²) in [4.78, 5) is 14.5. The second kappa shape index (κ2) is 9.59. The molecule has 2 aromatic carbocycles. The van der Waals surface area contributed by atoms with Crippen LogP contribution in [0.3, 0.4) is 0 Å². The largest absolute Gasteiger partial charge is 0.411 e. The molecule has 150 valence electrons. The molecular formula is C22H22BrN3O2S. The van der Waals surface area contributed by atoms with Gasteiger partial charge in [-0.15, -0.1) is 10.2 Å². The Bertz CT molecular complexity index is 955. The van der Waals surface area contributed by atoms with E-state index in [2.05, 4.69) is 50.4 Å². The van der Waals surface area contributed by atoms with E-state index in [1.54, 1.807) is 0 Å². The predicted octanol–water partition coefficient (Wildman–Crippen LogP) is 5.07. The van der Waals surface area contributed by atoms with Crippen molar-refractivity contribution in [3.63, 3.8) is 0 Å². The molecule has 7 heteroatoms. The summed E-state index contributed by atoms with van der Waals surface area (Å²) in [5, 5.41) is 8.57. The standard InChI is InChI=1S/C22H22BrN3O2S/c23-19-8-4-7-18(14-19)21-24-25-22(28-21)29-15-20(27)26-11-9-17(10-12-26)13-16-5-2-1-3-6-16/h1-8,14,17H,9-13,15H2. The normalized spacial score (nSPS) is 14.9. The van der Waals surface area contributed by atoms with E-state index in [4.69, 9.17) is 4.42 Å². The molecule has 0 radical (unpaired) electrons. The molecule has 1 aliphatic rings. The van der Waals surface area contributed by atoms with Crippen molar-refractivity contribution in [2.75, 3.05) is 18.8 Å². The molecule has 4 rings (SSSR count). The molecular weight excluding hydrogens is 450 g/mol. The topological polar surface area (TPSA) is 59.2 Å². The zero-order valence-electron chi connectivity index (χ0n) is 16.0. The summed E-state index contributed by atoms with van der Waals surface area (Å²) in [5.41, 5.74) is 2.23. The van der Waals surface area contributed by atoms with Crippen molar-refractivity contribution in [2.24, 2.45) is 5.92 Å². The monoisotopic (exact) mass is 471 g/mol. The van der Waals surface area contributed by atoms with Crippen LogP contribution >= 0.6 is 27.7 Å². The smallest absolute Gasteiger partial charge is 0.277 e. The maximum absolute atomic E-state index is 12.6. The Balaban J connectivity index is 1.24. The second-order valence-corrected chi connectivity index (χ2v) is 9.03. The average Bonchev–Trinajstić information content (AvgIpc) is 3.22. The fraction of sp³-hybridized carbons (Fsp3) is 0.318. The van der Waals surface area contributed by atoms with Gasteiger partial charge in [0.2, 0.25) is 11.8 Å². The number of aromatic nitrogens is 2. The number of hydrogen-bond donors (Lipinski definition) is 0. The molecule has 0 atom stereocenters. The highest BCUT2D eigenvalue weighted by molar-refractivity contribution is 9.10. The Morgan fingerprint density at radius 3 is 2.66 bits per heavy atom. The first-order valence-corrected chi connectivity index (χ1v) is 11.5. The minimum atomic E-state index is 0.135. The molecule has 5 nitrogen and oxygen atoms in total. The highest BCUT2D eigenvalue weighted by atomic mass is 79.9. The van der Waals surface area contributed by atoms with Crippen LogP contribution in [0.4, 0.5) is 0 Å². The molecule has 0 bridgehead atoms. The fourth-order valence-corrected chi connectivity index (χ4v) is 4.62. The highest BCUT2D eigenvalue weighted by Gasteiger charge is 2.23. The van der Waals surface area contributed by atoms with Gasteiger partial charge in [-0.1, -0.05) is 64.1 Å². The number of halogens is 1. The Labute approximate surface area is 183 Å². The molecule has 1 fully saturated rings. The van der Waals surface area contributed by atoms with Gasteiger partial charge in [-0.05, 0) is 48.9 Å². The molecule has 1 aromatic heterocycles. The lowest BCUT2D eigenvalue weighted by molar-refractivity contribution is -0.129. The van der Waals surface area contributed by atoms with Crippen LogP contribution in [0.5, 0.6) is 0 Å². The molecule has 2 heterocycles. The first kappa shape index (κ1) is 20.2. The number of hydrogen-bond acceptors (Lipinski definition) is 5. The van der Waals surface area contributed by atoms with E-state index >= 15 is 0 Å². The summed E-state index contributed by atoms with van der Waals surface area (Å²) < 4.78 is 6.65. The zero-order valence-corrected chi connectivity index (χ0v) is 18.4. The number of piperidine rings is 1. The van der Waals surface area contributed by atoms with E-state index in [-0.39, 0.29) is 5.91 Å². The van der Waals surface area contributed by atoms with E-state index < -0.39 is 0 Å². The van der Waals surface area contributed by atoms with Crippen LogP contribution in [0.1, 0.15) is 18.4 Å². The van der Waals surface area contributed by atoms with Gasteiger partial charge in [-0.2, -0.15) is 0 Å². The van der Waals surface area contributed by atoms with Crippen LogP contribution in [0.15, 0.2) is 68.7 Å². The third kappa shape index (κ3) is 5.48. The lowest BCUT2D eigenvalue weighted by atomic mass is 9.90. The summed E-state index contributed by atoms with van der Waals surface area (Å²) in [5.74, 6) is 1.57. The zero-order chi connectivity index (χ0) is 20.1. The van der Waals surface area contributed by atoms with Gasteiger partial charge in [0.15, 0.2) is 0 Å². The van der Waals surface area contributed by atoms with Gasteiger partial charge in [-0.25, -0.2) is 0 Å². The number of thioether (sulfide) groups is 1. The molecule has 0 saturated carbocycles. The number of carbonyl (C=O) groups is 1. The maximum atomic E-state index is 12.6. The Morgan fingerprint density at radius 1 is 1.10 bits per heavy atom. The summed E-state index contributed by atoms with van der Waals surface area (Å²) in [6.07, 6.45) is 3.20. The van der Waals surface area contributed by atoms with E-state index in [1.165, 1.54) is 17.3 Å². The third-order valence-corrected chi connectivity index (χ3v) is 6.43. The van der Waals surface area contributed by atoms with Crippen molar-refractivity contribution in [2.45, 2.75) is 24.5 Å². The Kier molecular flexibility index (Phi) is 6.67. The second-order valence-electron chi connectivity index (χ2n) is 7.19. The molecule has 0 unspecified atom stereocenters. The molecule has 1 saturated heterocycles. The molecule has 1 aliphatic heterocycles. The van der Waals surface area contributed by atoms with Gasteiger partial charge in [-0.3, -0.25) is 4.79 Å². The van der Waals surface area contributed by atoms with E-state index in [1.807, 2.05) is 35.2 Å². The number of carbonyl (C=O) groups excluding carboxylic acids is 1. The summed E-state index contributed by atoms with van der Waals surface area (Å²) in [7, 11) is 0. The molecule has 0 aliphatic carbocycles. The van der Waals surface area contributed by atoms with Crippen molar-refractivity contribution >= 4 is 33.6 Å². The number of nitrogens with zero attached hydrogens (tertiary/aromatic N) is 3. The lowest BCUT2D eigenvalue weighted by Crippen LogP contribution is -2.39. The minimum absolute atomic E-state index is 0.135. The van der Waals surface area contributed by atoms with Crippen LogP contribution < -0.4 is 0 Å². The fourth-order valence-electron chi connectivity index (χ4n) is 3.55. The molecule has 0 spiro atoms. The van der Waals surface area contributed by atoms with Crippen molar-refractivity contribution in [1.29, 1.82) is 0 Å².